The molecule has 5 nitrogen and oxygen atoms in total. The van der Waals surface area contributed by atoms with Crippen LogP contribution in [-0.2, 0) is 22.5 Å². The van der Waals surface area contributed by atoms with Gasteiger partial charge in [-0.1, -0.05) is 40.2 Å². The fraction of sp³-hybridized carbons (Fsp3) is 0.263. The summed E-state index contributed by atoms with van der Waals surface area (Å²) in [6.45, 7) is 2.66. The number of halogens is 1. The third kappa shape index (κ3) is 3.85. The van der Waals surface area contributed by atoms with E-state index in [1.54, 1.807) is 17.9 Å². The highest BCUT2D eigenvalue weighted by molar-refractivity contribution is 9.10. The molecule has 0 fully saturated rings. The van der Waals surface area contributed by atoms with Crippen molar-refractivity contribution in [3.8, 4) is 5.75 Å². The van der Waals surface area contributed by atoms with E-state index >= 15 is 0 Å². The van der Waals surface area contributed by atoms with Gasteiger partial charge in [0.2, 0.25) is 0 Å². The Morgan fingerprint density at radius 1 is 1.20 bits per heavy atom. The third-order valence-corrected chi connectivity index (χ3v) is 4.75. The monoisotopic (exact) mass is 403 g/mol. The Kier molecular flexibility index (Phi) is 5.08. The van der Waals surface area contributed by atoms with Gasteiger partial charge in [-0.3, -0.25) is 4.79 Å². The summed E-state index contributed by atoms with van der Waals surface area (Å²) in [5.41, 5.74) is 2.39. The number of aromatic hydroxyl groups is 1. The van der Waals surface area contributed by atoms with Crippen molar-refractivity contribution >= 4 is 27.8 Å². The predicted molar refractivity (Wildman–Crippen MR) is 96.2 cm³/mol. The van der Waals surface area contributed by atoms with E-state index < -0.39 is 12.1 Å². The molecule has 0 bridgehead atoms. The predicted octanol–water partition coefficient (Wildman–Crippen LogP) is 3.28. The van der Waals surface area contributed by atoms with E-state index in [0.717, 1.165) is 12.0 Å². The van der Waals surface area contributed by atoms with Crippen molar-refractivity contribution in [2.45, 2.75) is 26.0 Å². The Hall–Kier alpha value is -2.34. The number of esters is 1. The van der Waals surface area contributed by atoms with Crippen LogP contribution in [0.5, 0.6) is 5.75 Å². The van der Waals surface area contributed by atoms with Crippen LogP contribution in [0.1, 0.15) is 28.4 Å². The second kappa shape index (κ2) is 7.27. The van der Waals surface area contributed by atoms with Gasteiger partial charge in [0.05, 0.1) is 0 Å². The molecule has 0 aromatic heterocycles. The summed E-state index contributed by atoms with van der Waals surface area (Å²) in [4.78, 5) is 26.5. The van der Waals surface area contributed by atoms with E-state index in [2.05, 4.69) is 22.0 Å². The van der Waals surface area contributed by atoms with Crippen LogP contribution < -0.4 is 0 Å². The average molecular weight is 404 g/mol. The Labute approximate surface area is 154 Å². The molecule has 1 N–H and O–H groups in total. The first-order valence-corrected chi connectivity index (χ1v) is 8.80. The quantitative estimate of drug-likeness (QED) is 0.798. The summed E-state index contributed by atoms with van der Waals surface area (Å²) in [5.74, 6) is -1.14. The van der Waals surface area contributed by atoms with Gasteiger partial charge in [-0.2, -0.15) is 0 Å². The van der Waals surface area contributed by atoms with E-state index in [0.29, 0.717) is 17.6 Å². The largest absolute Gasteiger partial charge is 0.507 e. The maximum Gasteiger partial charge on any atom is 0.342 e. The van der Waals surface area contributed by atoms with Crippen molar-refractivity contribution in [2.75, 3.05) is 6.54 Å². The zero-order valence-corrected chi connectivity index (χ0v) is 15.3. The molecule has 2 aromatic carbocycles. The summed E-state index contributed by atoms with van der Waals surface area (Å²) < 4.78 is 5.91. The van der Waals surface area contributed by atoms with Gasteiger partial charge in [-0.25, -0.2) is 4.79 Å². The number of rotatable bonds is 3. The van der Waals surface area contributed by atoms with Gasteiger partial charge in [0.25, 0.3) is 5.91 Å². The van der Waals surface area contributed by atoms with Crippen LogP contribution in [0.2, 0.25) is 0 Å². The molecule has 6 heteroatoms. The molecule has 25 heavy (non-hydrogen) atoms. The van der Waals surface area contributed by atoms with Gasteiger partial charge in [0.1, 0.15) is 11.3 Å². The molecule has 0 spiro atoms. The van der Waals surface area contributed by atoms with Crippen molar-refractivity contribution in [3.05, 3.63) is 63.6 Å². The zero-order valence-electron chi connectivity index (χ0n) is 13.7. The molecule has 3 rings (SSSR count). The first-order valence-electron chi connectivity index (χ1n) is 8.01. The van der Waals surface area contributed by atoms with E-state index in [-0.39, 0.29) is 17.2 Å². The van der Waals surface area contributed by atoms with E-state index in [4.69, 9.17) is 4.74 Å². The lowest BCUT2D eigenvalue weighted by Gasteiger charge is -2.30. The smallest absolute Gasteiger partial charge is 0.342 e. The molecule has 1 heterocycles. The molecule has 0 unspecified atom stereocenters. The minimum absolute atomic E-state index is 0.0259. The van der Waals surface area contributed by atoms with Gasteiger partial charge in [0.15, 0.2) is 6.10 Å². The number of hydrogen-bond donors (Lipinski definition) is 1. The molecule has 1 aliphatic heterocycles. The summed E-state index contributed by atoms with van der Waals surface area (Å²) >= 11 is 3.24. The Bertz CT molecular complexity index is 821. The molecule has 130 valence electrons. The number of nitrogens with zero attached hydrogens (tertiary/aromatic N) is 1. The highest BCUT2D eigenvalue weighted by Gasteiger charge is 2.27. The van der Waals surface area contributed by atoms with E-state index in [1.807, 2.05) is 18.2 Å². The SMILES string of the molecule is C[C@H](OC(=O)c1cc(Br)ccc1O)C(=O)N1CCc2ccccc2C1. The Morgan fingerprint density at radius 2 is 1.92 bits per heavy atom. The lowest BCUT2D eigenvalue weighted by atomic mass is 9.99. The average Bonchev–Trinajstić information content (AvgIpc) is 2.62. The molecule has 0 saturated heterocycles. The number of amides is 1. The van der Waals surface area contributed by atoms with Gasteiger partial charge in [-0.15, -0.1) is 0 Å². The van der Waals surface area contributed by atoms with Gasteiger partial charge < -0.3 is 14.7 Å². The van der Waals surface area contributed by atoms with Crippen molar-refractivity contribution in [2.24, 2.45) is 0 Å². The standard InChI is InChI=1S/C19H18BrNO4/c1-12(25-19(24)16-10-15(20)6-7-17(16)22)18(23)21-9-8-13-4-2-3-5-14(13)11-21/h2-7,10,12,22H,8-9,11H2,1H3/t12-/m0/s1. The number of ether oxygens (including phenoxy) is 1. The fourth-order valence-electron chi connectivity index (χ4n) is 2.89. The molecule has 0 saturated carbocycles. The number of carbonyl (C=O) groups is 2. The van der Waals surface area contributed by atoms with Crippen LogP contribution in [0.3, 0.4) is 0 Å². The normalized spacial score (nSPS) is 14.6. The maximum absolute atomic E-state index is 12.6. The highest BCUT2D eigenvalue weighted by Crippen LogP contribution is 2.24. The van der Waals surface area contributed by atoms with Crippen molar-refractivity contribution in [1.29, 1.82) is 0 Å². The topological polar surface area (TPSA) is 66.8 Å². The molecule has 2 aromatic rings. The van der Waals surface area contributed by atoms with E-state index in [1.165, 1.54) is 17.7 Å². The van der Waals surface area contributed by atoms with Gasteiger partial charge in [-0.05, 0) is 42.7 Å². The Balaban J connectivity index is 1.67. The van der Waals surface area contributed by atoms with Crippen LogP contribution in [0, 0.1) is 0 Å². The number of phenolic OH excluding ortho intramolecular Hbond substituents is 1. The molecular formula is C19H18BrNO4. The fourth-order valence-corrected chi connectivity index (χ4v) is 3.25. The number of hydrogen-bond acceptors (Lipinski definition) is 4. The maximum atomic E-state index is 12.6. The minimum Gasteiger partial charge on any atom is -0.507 e. The van der Waals surface area contributed by atoms with Crippen LogP contribution in [0.25, 0.3) is 0 Å². The molecule has 1 amide bonds. The van der Waals surface area contributed by atoms with Crippen molar-refractivity contribution < 1.29 is 19.4 Å². The molecule has 1 aliphatic rings. The third-order valence-electron chi connectivity index (χ3n) is 4.25. The van der Waals surface area contributed by atoms with Crippen LogP contribution >= 0.6 is 15.9 Å². The van der Waals surface area contributed by atoms with Gasteiger partial charge in [0, 0.05) is 17.6 Å². The zero-order chi connectivity index (χ0) is 18.0. The molecule has 0 aliphatic carbocycles. The molecular weight excluding hydrogens is 386 g/mol. The summed E-state index contributed by atoms with van der Waals surface area (Å²) in [6.07, 6.45) is -0.134. The number of benzene rings is 2. The first-order chi connectivity index (χ1) is 12.0. The van der Waals surface area contributed by atoms with Crippen molar-refractivity contribution in [1.82, 2.24) is 4.90 Å². The molecule has 0 radical (unpaired) electrons. The molecule has 1 atom stereocenters. The summed E-state index contributed by atoms with van der Waals surface area (Å²) in [6, 6.07) is 12.5. The second-order valence-electron chi connectivity index (χ2n) is 5.99. The Morgan fingerprint density at radius 3 is 2.68 bits per heavy atom. The summed E-state index contributed by atoms with van der Waals surface area (Å²) in [7, 11) is 0. The van der Waals surface area contributed by atoms with E-state index in [9.17, 15) is 14.7 Å². The van der Waals surface area contributed by atoms with Crippen LogP contribution in [0.4, 0.5) is 0 Å². The number of fused-ring (bicyclic) bond motifs is 1. The van der Waals surface area contributed by atoms with Gasteiger partial charge >= 0.3 is 5.97 Å². The van der Waals surface area contributed by atoms with Crippen LogP contribution in [0.15, 0.2) is 46.9 Å². The second-order valence-corrected chi connectivity index (χ2v) is 6.90. The number of carbonyl (C=O) groups excluding carboxylic acids is 2. The lowest BCUT2D eigenvalue weighted by Crippen LogP contribution is -2.42. The first kappa shape index (κ1) is 17.5. The van der Waals surface area contributed by atoms with Crippen LogP contribution in [-0.4, -0.2) is 34.5 Å². The lowest BCUT2D eigenvalue weighted by molar-refractivity contribution is -0.140. The minimum atomic E-state index is -0.920. The summed E-state index contributed by atoms with van der Waals surface area (Å²) in [5, 5.41) is 9.80. The highest BCUT2D eigenvalue weighted by atomic mass is 79.9. The number of phenols is 1. The van der Waals surface area contributed by atoms with Crippen molar-refractivity contribution in [3.63, 3.8) is 0 Å².